The van der Waals surface area contributed by atoms with Gasteiger partial charge in [-0.05, 0) is 45.1 Å². The van der Waals surface area contributed by atoms with E-state index in [0.717, 1.165) is 25.1 Å². The highest BCUT2D eigenvalue weighted by atomic mass is 16.7. The molecule has 0 amide bonds. The van der Waals surface area contributed by atoms with Crippen LogP contribution in [0.2, 0.25) is 0 Å². The minimum atomic E-state index is -0.287. The summed E-state index contributed by atoms with van der Waals surface area (Å²) in [5, 5.41) is 0. The maximum Gasteiger partial charge on any atom is 0.495 e. The average Bonchev–Trinajstić information content (AvgIpc) is 2.54. The first-order valence-corrected chi connectivity index (χ1v) is 7.40. The number of hydrogen-bond acceptors (Lipinski definition) is 3. The van der Waals surface area contributed by atoms with E-state index in [2.05, 4.69) is 52.0 Å². The van der Waals surface area contributed by atoms with Crippen LogP contribution < -0.4 is 5.46 Å². The first-order chi connectivity index (χ1) is 9.39. The van der Waals surface area contributed by atoms with Crippen LogP contribution in [0.1, 0.15) is 33.3 Å². The predicted molar refractivity (Wildman–Crippen MR) is 80.2 cm³/mol. The Kier molecular flexibility index (Phi) is 3.43. The Hall–Kier alpha value is -0.835. The smallest absolute Gasteiger partial charge is 0.399 e. The molecule has 0 spiro atoms. The molecule has 4 heteroatoms. The topological polar surface area (TPSA) is 27.7 Å². The van der Waals surface area contributed by atoms with Crippen molar-refractivity contribution in [3.05, 3.63) is 29.8 Å². The Balaban J connectivity index is 1.84. The molecule has 2 saturated heterocycles. The van der Waals surface area contributed by atoms with E-state index in [1.807, 2.05) is 0 Å². The van der Waals surface area contributed by atoms with Crippen molar-refractivity contribution in [1.29, 1.82) is 0 Å². The van der Waals surface area contributed by atoms with Crippen molar-refractivity contribution in [2.24, 2.45) is 5.92 Å². The molecule has 2 heterocycles. The number of ether oxygens (including phenoxy) is 1. The van der Waals surface area contributed by atoms with Crippen molar-refractivity contribution in [1.82, 2.24) is 0 Å². The highest BCUT2D eigenvalue weighted by molar-refractivity contribution is 6.62. The van der Waals surface area contributed by atoms with Gasteiger partial charge in [-0.25, -0.2) is 0 Å². The second kappa shape index (κ2) is 4.87. The van der Waals surface area contributed by atoms with E-state index in [1.54, 1.807) is 0 Å². The first kappa shape index (κ1) is 14.1. The molecular formula is C16H23BO3. The predicted octanol–water partition coefficient (Wildman–Crippen LogP) is 2.17. The van der Waals surface area contributed by atoms with Crippen LogP contribution >= 0.6 is 0 Å². The van der Waals surface area contributed by atoms with Gasteiger partial charge in [0.2, 0.25) is 0 Å². The Labute approximate surface area is 121 Å². The Morgan fingerprint density at radius 1 is 1.05 bits per heavy atom. The van der Waals surface area contributed by atoms with Gasteiger partial charge in [-0.1, -0.05) is 24.3 Å². The molecule has 1 aromatic rings. The zero-order valence-electron chi connectivity index (χ0n) is 12.8. The molecule has 2 aliphatic rings. The molecule has 2 aliphatic heterocycles. The lowest BCUT2D eigenvalue weighted by molar-refractivity contribution is -0.0311. The van der Waals surface area contributed by atoms with Crippen LogP contribution in [0, 0.1) is 5.92 Å². The van der Waals surface area contributed by atoms with E-state index in [-0.39, 0.29) is 18.3 Å². The lowest BCUT2D eigenvalue weighted by Gasteiger charge is -2.32. The van der Waals surface area contributed by atoms with Gasteiger partial charge in [0.05, 0.1) is 24.4 Å². The lowest BCUT2D eigenvalue weighted by Crippen LogP contribution is -2.41. The number of hydrogen-bond donors (Lipinski definition) is 0. The summed E-state index contributed by atoms with van der Waals surface area (Å²) in [6, 6.07) is 8.44. The zero-order chi connectivity index (χ0) is 14.4. The maximum absolute atomic E-state index is 6.17. The third-order valence-corrected chi connectivity index (χ3v) is 4.78. The highest BCUT2D eigenvalue weighted by Gasteiger charge is 2.52. The molecule has 0 aromatic heterocycles. The van der Waals surface area contributed by atoms with Crippen molar-refractivity contribution in [2.45, 2.75) is 45.3 Å². The average molecular weight is 274 g/mol. The summed E-state index contributed by atoms with van der Waals surface area (Å²) in [5.41, 5.74) is 1.91. The van der Waals surface area contributed by atoms with Crippen LogP contribution in [0.5, 0.6) is 0 Å². The van der Waals surface area contributed by atoms with Gasteiger partial charge in [-0.2, -0.15) is 0 Å². The molecule has 2 fully saturated rings. The first-order valence-electron chi connectivity index (χ1n) is 7.40. The molecule has 0 radical (unpaired) electrons. The van der Waals surface area contributed by atoms with Crippen molar-refractivity contribution < 1.29 is 14.0 Å². The van der Waals surface area contributed by atoms with E-state index in [4.69, 9.17) is 14.0 Å². The van der Waals surface area contributed by atoms with E-state index in [0.29, 0.717) is 5.92 Å². The van der Waals surface area contributed by atoms with E-state index in [1.165, 1.54) is 5.56 Å². The summed E-state index contributed by atoms with van der Waals surface area (Å²) < 4.78 is 17.6. The monoisotopic (exact) mass is 274 g/mol. The fourth-order valence-electron chi connectivity index (χ4n) is 2.63. The van der Waals surface area contributed by atoms with E-state index >= 15 is 0 Å². The van der Waals surface area contributed by atoms with Crippen LogP contribution in [0.4, 0.5) is 0 Å². The zero-order valence-corrected chi connectivity index (χ0v) is 12.8. The van der Waals surface area contributed by atoms with Crippen molar-refractivity contribution in [3.8, 4) is 0 Å². The molecule has 0 atom stereocenters. The summed E-state index contributed by atoms with van der Waals surface area (Å²) >= 11 is 0. The van der Waals surface area contributed by atoms with E-state index < -0.39 is 0 Å². The molecule has 0 bridgehead atoms. The van der Waals surface area contributed by atoms with Gasteiger partial charge in [0.15, 0.2) is 0 Å². The van der Waals surface area contributed by atoms with Gasteiger partial charge in [0, 0.05) is 5.92 Å². The number of rotatable bonds is 3. The van der Waals surface area contributed by atoms with Crippen molar-refractivity contribution >= 4 is 12.6 Å². The fraction of sp³-hybridized carbons (Fsp3) is 0.625. The van der Waals surface area contributed by atoms with Crippen molar-refractivity contribution in [3.63, 3.8) is 0 Å². The Morgan fingerprint density at radius 2 is 1.65 bits per heavy atom. The minimum absolute atomic E-state index is 0.266. The molecule has 3 nitrogen and oxygen atoms in total. The lowest BCUT2D eigenvalue weighted by atomic mass is 9.74. The molecule has 1 aromatic carbocycles. The molecule has 3 rings (SSSR count). The standard InChI is InChI=1S/C16H23BO3/c1-15(2)16(3,4)20-17(19-15)14-8-6-5-7-13(14)9-12-10-18-11-12/h5-8,12H,9-11H2,1-4H3. The van der Waals surface area contributed by atoms with Gasteiger partial charge in [0.1, 0.15) is 0 Å². The van der Waals surface area contributed by atoms with Gasteiger partial charge in [-0.3, -0.25) is 0 Å². The molecule has 0 N–H and O–H groups in total. The summed E-state index contributed by atoms with van der Waals surface area (Å²) in [6.07, 6.45) is 1.04. The molecule has 108 valence electrons. The van der Waals surface area contributed by atoms with Gasteiger partial charge >= 0.3 is 7.12 Å². The maximum atomic E-state index is 6.17. The van der Waals surface area contributed by atoms with Gasteiger partial charge in [-0.15, -0.1) is 0 Å². The Morgan fingerprint density at radius 3 is 2.20 bits per heavy atom. The van der Waals surface area contributed by atoms with E-state index in [9.17, 15) is 0 Å². The third kappa shape index (κ3) is 2.41. The summed E-state index contributed by atoms with van der Waals surface area (Å²) in [5.74, 6) is 0.638. The van der Waals surface area contributed by atoms with Gasteiger partial charge < -0.3 is 14.0 Å². The normalized spacial score (nSPS) is 24.7. The summed E-state index contributed by atoms with van der Waals surface area (Å²) in [7, 11) is -0.266. The van der Waals surface area contributed by atoms with Crippen molar-refractivity contribution in [2.75, 3.05) is 13.2 Å². The fourth-order valence-corrected chi connectivity index (χ4v) is 2.63. The minimum Gasteiger partial charge on any atom is -0.399 e. The van der Waals surface area contributed by atoms with Gasteiger partial charge in [0.25, 0.3) is 0 Å². The van der Waals surface area contributed by atoms with Crippen LogP contribution in [-0.2, 0) is 20.5 Å². The second-order valence-electron chi connectivity index (χ2n) is 6.89. The SMILES string of the molecule is CC1(C)OB(c2ccccc2CC2COC2)OC1(C)C. The summed E-state index contributed by atoms with van der Waals surface area (Å²) in [6.45, 7) is 10.1. The summed E-state index contributed by atoms with van der Waals surface area (Å²) in [4.78, 5) is 0. The van der Waals surface area contributed by atoms with Crippen LogP contribution in [-0.4, -0.2) is 31.5 Å². The highest BCUT2D eigenvalue weighted by Crippen LogP contribution is 2.36. The number of benzene rings is 1. The molecule has 0 aliphatic carbocycles. The largest absolute Gasteiger partial charge is 0.495 e. The second-order valence-corrected chi connectivity index (χ2v) is 6.89. The van der Waals surface area contributed by atoms with Crippen LogP contribution in [0.3, 0.4) is 0 Å². The molecule has 0 saturated carbocycles. The Bertz CT molecular complexity index is 478. The van der Waals surface area contributed by atoms with Crippen LogP contribution in [0.25, 0.3) is 0 Å². The quantitative estimate of drug-likeness (QED) is 0.791. The molecule has 20 heavy (non-hydrogen) atoms. The molecule has 0 unspecified atom stereocenters. The molecular weight excluding hydrogens is 251 g/mol. The third-order valence-electron chi connectivity index (χ3n) is 4.78. The van der Waals surface area contributed by atoms with Crippen LogP contribution in [0.15, 0.2) is 24.3 Å².